The van der Waals surface area contributed by atoms with Gasteiger partial charge in [-0.2, -0.15) is 0 Å². The van der Waals surface area contributed by atoms with Crippen LogP contribution in [0.3, 0.4) is 0 Å². The van der Waals surface area contributed by atoms with Crippen molar-refractivity contribution in [2.45, 2.75) is 38.8 Å². The molecule has 0 saturated carbocycles. The normalized spacial score (nSPS) is 12.2. The molecule has 0 aliphatic heterocycles. The van der Waals surface area contributed by atoms with Gasteiger partial charge in [-0.15, -0.1) is 0 Å². The highest BCUT2D eigenvalue weighted by atomic mass is 35.5. The Morgan fingerprint density at radius 2 is 1.89 bits per heavy atom. The predicted molar refractivity (Wildman–Crippen MR) is 103 cm³/mol. The molecule has 150 valence electrons. The number of halogens is 1. The summed E-state index contributed by atoms with van der Waals surface area (Å²) in [7, 11) is 1.37. The maximum atomic E-state index is 12.3. The van der Waals surface area contributed by atoms with E-state index in [1.54, 1.807) is 45.0 Å². The van der Waals surface area contributed by atoms with E-state index < -0.39 is 23.7 Å². The molecule has 1 aromatic carbocycles. The number of rotatable bonds is 6. The number of benzene rings is 1. The lowest BCUT2D eigenvalue weighted by molar-refractivity contribution is -0.142. The molecule has 9 heteroatoms. The van der Waals surface area contributed by atoms with Crippen LogP contribution in [0.1, 0.15) is 26.3 Å². The Morgan fingerprint density at radius 3 is 2.46 bits per heavy atom. The molecule has 1 atom stereocenters. The number of carboxylic acids is 1. The minimum absolute atomic E-state index is 0.0478. The standard InChI is InChI=1S/C19H22ClN3O5/c1-19(2,3)28-18(26)23(4)14(16(24)25)11-12-10-13(20)6-7-15(12)27-17-21-8-5-9-22-17/h5-10,14H,11H2,1-4H3,(H,24,25)/t14-/m0/s1. The SMILES string of the molecule is CN(C(=O)OC(C)(C)C)[C@@H](Cc1cc(Cl)ccc1Oc1ncccn1)C(=O)O. The van der Waals surface area contributed by atoms with Crippen molar-refractivity contribution in [2.24, 2.45) is 0 Å². The van der Waals surface area contributed by atoms with Crippen molar-refractivity contribution in [1.29, 1.82) is 0 Å². The molecule has 0 spiro atoms. The minimum Gasteiger partial charge on any atom is -0.480 e. The van der Waals surface area contributed by atoms with Gasteiger partial charge < -0.3 is 14.6 Å². The molecular weight excluding hydrogens is 386 g/mol. The van der Waals surface area contributed by atoms with Crippen LogP contribution in [0.4, 0.5) is 4.79 Å². The number of nitrogens with zero attached hydrogens (tertiary/aromatic N) is 3. The van der Waals surface area contributed by atoms with Gasteiger partial charge in [0.05, 0.1) is 0 Å². The largest absolute Gasteiger partial charge is 0.480 e. The third kappa shape index (κ3) is 6.09. The Balaban J connectivity index is 2.28. The van der Waals surface area contributed by atoms with E-state index >= 15 is 0 Å². The van der Waals surface area contributed by atoms with Crippen molar-refractivity contribution < 1.29 is 24.2 Å². The summed E-state index contributed by atoms with van der Waals surface area (Å²) in [5.74, 6) is -0.838. The van der Waals surface area contributed by atoms with Crippen LogP contribution in [0.5, 0.6) is 11.8 Å². The summed E-state index contributed by atoms with van der Waals surface area (Å²) in [5.41, 5.74) is -0.258. The molecule has 0 aliphatic rings. The van der Waals surface area contributed by atoms with Crippen molar-refractivity contribution >= 4 is 23.7 Å². The fraction of sp³-hybridized carbons (Fsp3) is 0.368. The van der Waals surface area contributed by atoms with E-state index in [9.17, 15) is 14.7 Å². The summed E-state index contributed by atoms with van der Waals surface area (Å²) >= 11 is 6.07. The van der Waals surface area contributed by atoms with Crippen LogP contribution in [0.25, 0.3) is 0 Å². The second-order valence-electron chi connectivity index (χ2n) is 7.03. The van der Waals surface area contributed by atoms with E-state index in [-0.39, 0.29) is 12.4 Å². The molecule has 1 heterocycles. The monoisotopic (exact) mass is 407 g/mol. The summed E-state index contributed by atoms with van der Waals surface area (Å²) in [6, 6.07) is 5.35. The van der Waals surface area contributed by atoms with Gasteiger partial charge in [0.15, 0.2) is 0 Å². The fourth-order valence-electron chi connectivity index (χ4n) is 2.30. The van der Waals surface area contributed by atoms with Gasteiger partial charge in [-0.25, -0.2) is 19.6 Å². The van der Waals surface area contributed by atoms with Crippen molar-refractivity contribution in [2.75, 3.05) is 7.05 Å². The summed E-state index contributed by atoms with van der Waals surface area (Å²) in [6.45, 7) is 5.12. The number of hydrogen-bond acceptors (Lipinski definition) is 6. The zero-order chi connectivity index (χ0) is 20.9. The zero-order valence-corrected chi connectivity index (χ0v) is 16.8. The van der Waals surface area contributed by atoms with E-state index in [1.807, 2.05) is 0 Å². The molecule has 0 unspecified atom stereocenters. The number of likely N-dealkylation sites (N-methyl/N-ethyl adjacent to an activating group) is 1. The first-order valence-electron chi connectivity index (χ1n) is 8.49. The molecule has 1 aromatic heterocycles. The summed E-state index contributed by atoms with van der Waals surface area (Å²) in [5, 5.41) is 10.1. The number of aromatic nitrogens is 2. The molecule has 8 nitrogen and oxygen atoms in total. The Kier molecular flexibility index (Phi) is 6.80. The average Bonchev–Trinajstić information content (AvgIpc) is 2.60. The molecule has 0 fully saturated rings. The van der Waals surface area contributed by atoms with Crippen molar-refractivity contribution in [3.63, 3.8) is 0 Å². The summed E-state index contributed by atoms with van der Waals surface area (Å²) in [4.78, 5) is 33.1. The van der Waals surface area contributed by atoms with E-state index in [4.69, 9.17) is 21.1 Å². The van der Waals surface area contributed by atoms with Crippen LogP contribution in [0.15, 0.2) is 36.7 Å². The molecule has 1 N–H and O–H groups in total. The van der Waals surface area contributed by atoms with Crippen LogP contribution in [-0.4, -0.2) is 50.7 Å². The molecular formula is C19H22ClN3O5. The third-order valence-corrected chi connectivity index (χ3v) is 3.85. The summed E-state index contributed by atoms with van der Waals surface area (Å²) in [6.07, 6.45) is 2.26. The lowest BCUT2D eigenvalue weighted by Crippen LogP contribution is -2.46. The Bertz CT molecular complexity index is 839. The van der Waals surface area contributed by atoms with Crippen LogP contribution in [0, 0.1) is 0 Å². The van der Waals surface area contributed by atoms with Gasteiger partial charge in [0.25, 0.3) is 0 Å². The van der Waals surface area contributed by atoms with Crippen LogP contribution in [-0.2, 0) is 16.0 Å². The third-order valence-electron chi connectivity index (χ3n) is 3.61. The van der Waals surface area contributed by atoms with Gasteiger partial charge in [-0.3, -0.25) is 4.90 Å². The molecule has 1 amide bonds. The van der Waals surface area contributed by atoms with Gasteiger partial charge in [-0.1, -0.05) is 11.6 Å². The van der Waals surface area contributed by atoms with Crippen LogP contribution >= 0.6 is 11.6 Å². The Hall–Kier alpha value is -2.87. The number of aliphatic carboxylic acids is 1. The van der Waals surface area contributed by atoms with Crippen LogP contribution < -0.4 is 4.74 Å². The maximum Gasteiger partial charge on any atom is 0.410 e. The number of carbonyl (C=O) groups is 2. The van der Waals surface area contributed by atoms with Gasteiger partial charge in [-0.05, 0) is 50.6 Å². The second kappa shape index (κ2) is 8.88. The number of ether oxygens (including phenoxy) is 2. The Labute approximate surface area is 168 Å². The topological polar surface area (TPSA) is 102 Å². The summed E-state index contributed by atoms with van der Waals surface area (Å²) < 4.78 is 10.9. The number of carbonyl (C=O) groups excluding carboxylic acids is 1. The Morgan fingerprint density at radius 1 is 1.25 bits per heavy atom. The molecule has 0 saturated heterocycles. The molecule has 28 heavy (non-hydrogen) atoms. The lowest BCUT2D eigenvalue weighted by atomic mass is 10.0. The van der Waals surface area contributed by atoms with Crippen molar-refractivity contribution in [3.8, 4) is 11.8 Å². The van der Waals surface area contributed by atoms with E-state index in [1.165, 1.54) is 19.4 Å². The molecule has 0 radical (unpaired) electrons. The number of amides is 1. The van der Waals surface area contributed by atoms with Gasteiger partial charge in [0, 0.05) is 30.9 Å². The van der Waals surface area contributed by atoms with Gasteiger partial charge >= 0.3 is 18.1 Å². The molecule has 0 bridgehead atoms. The second-order valence-corrected chi connectivity index (χ2v) is 7.47. The number of hydrogen-bond donors (Lipinski definition) is 1. The maximum absolute atomic E-state index is 12.3. The van der Waals surface area contributed by atoms with Crippen LogP contribution in [0.2, 0.25) is 5.02 Å². The highest BCUT2D eigenvalue weighted by molar-refractivity contribution is 6.30. The molecule has 0 aliphatic carbocycles. The van der Waals surface area contributed by atoms with Gasteiger partial charge in [0.1, 0.15) is 17.4 Å². The smallest absolute Gasteiger partial charge is 0.410 e. The molecule has 2 rings (SSSR count). The highest BCUT2D eigenvalue weighted by Crippen LogP contribution is 2.28. The fourth-order valence-corrected chi connectivity index (χ4v) is 2.50. The average molecular weight is 408 g/mol. The van der Waals surface area contributed by atoms with Crippen molar-refractivity contribution in [3.05, 3.63) is 47.2 Å². The number of carboxylic acid groups (broad SMARTS) is 1. The quantitative estimate of drug-likeness (QED) is 0.777. The highest BCUT2D eigenvalue weighted by Gasteiger charge is 2.31. The van der Waals surface area contributed by atoms with E-state index in [0.29, 0.717) is 16.3 Å². The van der Waals surface area contributed by atoms with E-state index in [2.05, 4.69) is 9.97 Å². The first kappa shape index (κ1) is 21.4. The first-order valence-corrected chi connectivity index (χ1v) is 8.86. The first-order chi connectivity index (χ1) is 13.1. The zero-order valence-electron chi connectivity index (χ0n) is 16.0. The van der Waals surface area contributed by atoms with Crippen molar-refractivity contribution in [1.82, 2.24) is 14.9 Å². The minimum atomic E-state index is -1.19. The predicted octanol–water partition coefficient (Wildman–Crippen LogP) is 3.78. The van der Waals surface area contributed by atoms with Gasteiger partial charge in [0.2, 0.25) is 0 Å². The van der Waals surface area contributed by atoms with E-state index in [0.717, 1.165) is 4.90 Å². The lowest BCUT2D eigenvalue weighted by Gasteiger charge is -2.28. The molecule has 2 aromatic rings.